The zero-order valence-electron chi connectivity index (χ0n) is 11.4. The predicted molar refractivity (Wildman–Crippen MR) is 80.5 cm³/mol. The van der Waals surface area contributed by atoms with Crippen molar-refractivity contribution < 1.29 is 5.11 Å². The first-order valence-electron chi connectivity index (χ1n) is 6.66. The first-order chi connectivity index (χ1) is 9.24. The summed E-state index contributed by atoms with van der Waals surface area (Å²) in [5.41, 5.74) is 1.85. The third kappa shape index (κ3) is 3.55. The third-order valence-electron chi connectivity index (χ3n) is 3.17. The van der Waals surface area contributed by atoms with Gasteiger partial charge in [0, 0.05) is 11.4 Å². The van der Waals surface area contributed by atoms with Crippen molar-refractivity contribution in [3.8, 4) is 0 Å². The van der Waals surface area contributed by atoms with E-state index in [0.29, 0.717) is 6.42 Å². The van der Waals surface area contributed by atoms with Gasteiger partial charge in [-0.1, -0.05) is 13.0 Å². The maximum Gasteiger partial charge on any atom is 0.0957 e. The molecule has 0 aliphatic rings. The molecule has 0 amide bonds. The van der Waals surface area contributed by atoms with Crippen LogP contribution in [0.15, 0.2) is 35.8 Å². The van der Waals surface area contributed by atoms with Crippen LogP contribution in [0.1, 0.15) is 36.9 Å². The van der Waals surface area contributed by atoms with Crippen LogP contribution in [-0.2, 0) is 6.54 Å². The number of rotatable bonds is 6. The Morgan fingerprint density at radius 1 is 1.32 bits per heavy atom. The summed E-state index contributed by atoms with van der Waals surface area (Å²) in [4.78, 5) is 7.98. The highest BCUT2D eigenvalue weighted by atomic mass is 32.1. The van der Waals surface area contributed by atoms with Gasteiger partial charge in [-0.2, -0.15) is 0 Å². The fourth-order valence-electron chi connectivity index (χ4n) is 1.97. The number of pyridine rings is 1. The molecule has 2 aromatic heterocycles. The van der Waals surface area contributed by atoms with Crippen molar-refractivity contribution >= 4 is 17.0 Å². The van der Waals surface area contributed by atoms with Crippen LogP contribution < -0.4 is 4.90 Å². The lowest BCUT2D eigenvalue weighted by molar-refractivity contribution is 0.169. The van der Waals surface area contributed by atoms with E-state index in [1.807, 2.05) is 25.3 Å². The second-order valence-electron chi connectivity index (χ2n) is 4.46. The van der Waals surface area contributed by atoms with Crippen LogP contribution in [0.5, 0.6) is 0 Å². The Bertz CT molecular complexity index is 481. The molecule has 1 atom stereocenters. The number of hydrogen-bond donors (Lipinski definition) is 1. The molecule has 0 unspecified atom stereocenters. The van der Waals surface area contributed by atoms with E-state index in [1.165, 1.54) is 4.88 Å². The number of thiophene rings is 1. The van der Waals surface area contributed by atoms with Gasteiger partial charge in [-0.05, 0) is 36.9 Å². The summed E-state index contributed by atoms with van der Waals surface area (Å²) in [6.07, 6.45) is 2.09. The van der Waals surface area contributed by atoms with Crippen LogP contribution in [0, 0.1) is 0 Å². The second-order valence-corrected chi connectivity index (χ2v) is 5.49. The molecule has 0 radical (unpaired) electrons. The van der Waals surface area contributed by atoms with E-state index in [4.69, 9.17) is 0 Å². The Morgan fingerprint density at radius 2 is 2.16 bits per heavy atom. The van der Waals surface area contributed by atoms with Gasteiger partial charge in [0.25, 0.3) is 0 Å². The predicted octanol–water partition coefficient (Wildman–Crippen LogP) is 3.61. The van der Waals surface area contributed by atoms with Gasteiger partial charge >= 0.3 is 0 Å². The number of aliphatic hydroxyl groups excluding tert-OH is 1. The van der Waals surface area contributed by atoms with E-state index in [-0.39, 0.29) is 0 Å². The number of aliphatic hydroxyl groups is 1. The van der Waals surface area contributed by atoms with Gasteiger partial charge in [-0.3, -0.25) is 4.98 Å². The smallest absolute Gasteiger partial charge is 0.0957 e. The summed E-state index contributed by atoms with van der Waals surface area (Å²) >= 11 is 1.77. The van der Waals surface area contributed by atoms with Crippen molar-refractivity contribution in [1.82, 2.24) is 4.98 Å². The standard InChI is InChI=1S/C15H20N2OS/c1-3-15(18)14-8-7-12(10-16-14)17(4-2)11-13-6-5-9-19-13/h5-10,15,18H,3-4,11H2,1-2H3/t15-/m1/s1. The average Bonchev–Trinajstić information content (AvgIpc) is 2.97. The van der Waals surface area contributed by atoms with Crippen LogP contribution in [-0.4, -0.2) is 16.6 Å². The van der Waals surface area contributed by atoms with Crippen molar-refractivity contribution in [3.05, 3.63) is 46.4 Å². The number of anilines is 1. The molecule has 0 saturated carbocycles. The van der Waals surface area contributed by atoms with E-state index >= 15 is 0 Å². The molecule has 0 aliphatic carbocycles. The fraction of sp³-hybridized carbons (Fsp3) is 0.400. The third-order valence-corrected chi connectivity index (χ3v) is 4.03. The highest BCUT2D eigenvalue weighted by Gasteiger charge is 2.09. The van der Waals surface area contributed by atoms with Crippen LogP contribution in [0.3, 0.4) is 0 Å². The van der Waals surface area contributed by atoms with Crippen LogP contribution in [0.2, 0.25) is 0 Å². The molecule has 0 aromatic carbocycles. The molecule has 2 aromatic rings. The fourth-order valence-corrected chi connectivity index (χ4v) is 2.69. The molecule has 102 valence electrons. The van der Waals surface area contributed by atoms with E-state index in [0.717, 1.165) is 24.5 Å². The summed E-state index contributed by atoms with van der Waals surface area (Å²) in [5, 5.41) is 11.8. The van der Waals surface area contributed by atoms with Crippen molar-refractivity contribution in [2.24, 2.45) is 0 Å². The zero-order valence-corrected chi connectivity index (χ0v) is 12.2. The largest absolute Gasteiger partial charge is 0.387 e. The first kappa shape index (κ1) is 14.0. The Labute approximate surface area is 118 Å². The normalized spacial score (nSPS) is 12.4. The first-order valence-corrected chi connectivity index (χ1v) is 7.53. The summed E-state index contributed by atoms with van der Waals surface area (Å²) in [6.45, 7) is 5.94. The van der Waals surface area contributed by atoms with E-state index in [9.17, 15) is 5.11 Å². The minimum absolute atomic E-state index is 0.457. The number of hydrogen-bond acceptors (Lipinski definition) is 4. The summed E-state index contributed by atoms with van der Waals surface area (Å²) in [5.74, 6) is 0. The lowest BCUT2D eigenvalue weighted by Crippen LogP contribution is -2.21. The molecule has 0 saturated heterocycles. The molecular weight excluding hydrogens is 256 g/mol. The van der Waals surface area contributed by atoms with Crippen LogP contribution >= 0.6 is 11.3 Å². The monoisotopic (exact) mass is 276 g/mol. The van der Waals surface area contributed by atoms with Gasteiger partial charge in [0.1, 0.15) is 0 Å². The molecule has 4 heteroatoms. The number of nitrogens with zero attached hydrogens (tertiary/aromatic N) is 2. The summed E-state index contributed by atoms with van der Waals surface area (Å²) < 4.78 is 0. The lowest BCUT2D eigenvalue weighted by atomic mass is 10.2. The molecule has 1 N–H and O–H groups in total. The lowest BCUT2D eigenvalue weighted by Gasteiger charge is -2.22. The topological polar surface area (TPSA) is 36.4 Å². The molecule has 0 bridgehead atoms. The molecule has 0 aliphatic heterocycles. The van der Waals surface area contributed by atoms with Crippen LogP contribution in [0.4, 0.5) is 5.69 Å². The van der Waals surface area contributed by atoms with Gasteiger partial charge < -0.3 is 10.0 Å². The molecule has 2 heterocycles. The molecule has 0 spiro atoms. The highest BCUT2D eigenvalue weighted by molar-refractivity contribution is 7.09. The highest BCUT2D eigenvalue weighted by Crippen LogP contribution is 2.21. The maximum atomic E-state index is 9.75. The Morgan fingerprint density at radius 3 is 2.68 bits per heavy atom. The Balaban J connectivity index is 2.10. The number of aromatic nitrogens is 1. The second kappa shape index (κ2) is 6.68. The summed E-state index contributed by atoms with van der Waals surface area (Å²) in [7, 11) is 0. The Kier molecular flexibility index (Phi) is 4.93. The molecule has 3 nitrogen and oxygen atoms in total. The van der Waals surface area contributed by atoms with Gasteiger partial charge in [0.2, 0.25) is 0 Å². The quantitative estimate of drug-likeness (QED) is 0.875. The van der Waals surface area contributed by atoms with Crippen molar-refractivity contribution in [1.29, 1.82) is 0 Å². The Hall–Kier alpha value is -1.39. The molecule has 0 fully saturated rings. The zero-order chi connectivity index (χ0) is 13.7. The van der Waals surface area contributed by atoms with Crippen molar-refractivity contribution in [2.75, 3.05) is 11.4 Å². The maximum absolute atomic E-state index is 9.75. The van der Waals surface area contributed by atoms with E-state index in [1.54, 1.807) is 11.3 Å². The average molecular weight is 276 g/mol. The van der Waals surface area contributed by atoms with Gasteiger partial charge in [0.05, 0.1) is 30.2 Å². The molecule has 2 rings (SSSR count). The van der Waals surface area contributed by atoms with E-state index in [2.05, 4.69) is 34.3 Å². The van der Waals surface area contributed by atoms with Gasteiger partial charge in [-0.25, -0.2) is 0 Å². The van der Waals surface area contributed by atoms with Gasteiger partial charge in [0.15, 0.2) is 0 Å². The van der Waals surface area contributed by atoms with Crippen molar-refractivity contribution in [2.45, 2.75) is 32.9 Å². The van der Waals surface area contributed by atoms with Crippen LogP contribution in [0.25, 0.3) is 0 Å². The summed E-state index contributed by atoms with van der Waals surface area (Å²) in [6, 6.07) is 8.18. The van der Waals surface area contributed by atoms with E-state index < -0.39 is 6.10 Å². The molecule has 19 heavy (non-hydrogen) atoms. The minimum atomic E-state index is -0.457. The van der Waals surface area contributed by atoms with Gasteiger partial charge in [-0.15, -0.1) is 11.3 Å². The molecular formula is C15H20N2OS. The SMILES string of the molecule is CC[C@@H](O)c1ccc(N(CC)Cc2cccs2)cn1. The van der Waals surface area contributed by atoms with Crippen molar-refractivity contribution in [3.63, 3.8) is 0 Å². The minimum Gasteiger partial charge on any atom is -0.387 e.